The molecular weight excluding hydrogens is 298 g/mol. The van der Waals surface area contributed by atoms with E-state index in [4.69, 9.17) is 5.11 Å². The second-order valence-electron chi connectivity index (χ2n) is 3.17. The van der Waals surface area contributed by atoms with Gasteiger partial charge in [0.1, 0.15) is 11.5 Å². The molecule has 88 valence electrons. The molecule has 17 heavy (non-hydrogen) atoms. The highest BCUT2D eigenvalue weighted by molar-refractivity contribution is 9.10. The van der Waals surface area contributed by atoms with Crippen LogP contribution in [0.25, 0.3) is 5.69 Å². The number of carboxylic acid groups (broad SMARTS) is 1. The standard InChI is InChI=1S/C10H5BrF2N2O2/c11-6-4-15(14-9(6)10(16)17)8-2-1-5(12)3-7(8)13/h1-4H,(H,16,17). The molecule has 0 aliphatic carbocycles. The van der Waals surface area contributed by atoms with Crippen LogP contribution in [0, 0.1) is 11.6 Å². The zero-order valence-electron chi connectivity index (χ0n) is 8.19. The minimum atomic E-state index is -1.24. The molecule has 0 amide bonds. The lowest BCUT2D eigenvalue weighted by atomic mass is 10.3. The van der Waals surface area contributed by atoms with Crippen LogP contribution in [0.3, 0.4) is 0 Å². The molecule has 1 heterocycles. The van der Waals surface area contributed by atoms with E-state index in [-0.39, 0.29) is 15.9 Å². The number of halogens is 3. The summed E-state index contributed by atoms with van der Waals surface area (Å²) in [4.78, 5) is 10.7. The summed E-state index contributed by atoms with van der Waals surface area (Å²) in [5.74, 6) is -2.77. The smallest absolute Gasteiger partial charge is 0.357 e. The Bertz CT molecular complexity index is 598. The van der Waals surface area contributed by atoms with Gasteiger partial charge in [-0.3, -0.25) is 0 Å². The van der Waals surface area contributed by atoms with Crippen molar-refractivity contribution in [2.45, 2.75) is 0 Å². The molecule has 2 rings (SSSR count). The molecule has 7 heteroatoms. The van der Waals surface area contributed by atoms with Gasteiger partial charge in [0.25, 0.3) is 0 Å². The van der Waals surface area contributed by atoms with Gasteiger partial charge in [-0.15, -0.1) is 0 Å². The maximum atomic E-state index is 13.4. The summed E-state index contributed by atoms with van der Waals surface area (Å²) < 4.78 is 27.4. The molecule has 0 spiro atoms. The third-order valence-corrected chi connectivity index (χ3v) is 2.61. The largest absolute Gasteiger partial charge is 0.476 e. The number of aromatic carboxylic acids is 1. The first-order valence-corrected chi connectivity index (χ1v) is 5.22. The summed E-state index contributed by atoms with van der Waals surface area (Å²) in [5, 5.41) is 12.5. The van der Waals surface area contributed by atoms with Gasteiger partial charge in [0.2, 0.25) is 0 Å². The van der Waals surface area contributed by atoms with E-state index in [1.54, 1.807) is 0 Å². The van der Waals surface area contributed by atoms with Gasteiger partial charge >= 0.3 is 5.97 Å². The minimum absolute atomic E-state index is 0.0281. The second kappa shape index (κ2) is 4.25. The zero-order chi connectivity index (χ0) is 12.6. The Labute approximate surface area is 103 Å². The van der Waals surface area contributed by atoms with Crippen molar-refractivity contribution in [3.05, 3.63) is 46.2 Å². The topological polar surface area (TPSA) is 55.1 Å². The number of nitrogens with zero attached hydrogens (tertiary/aromatic N) is 2. The van der Waals surface area contributed by atoms with Crippen molar-refractivity contribution in [1.82, 2.24) is 9.78 Å². The first kappa shape index (κ1) is 11.7. The van der Waals surface area contributed by atoms with Gasteiger partial charge in [-0.25, -0.2) is 18.3 Å². The van der Waals surface area contributed by atoms with E-state index in [1.165, 1.54) is 12.3 Å². The van der Waals surface area contributed by atoms with Crippen LogP contribution in [0.2, 0.25) is 0 Å². The van der Waals surface area contributed by atoms with E-state index < -0.39 is 17.6 Å². The summed E-state index contributed by atoms with van der Waals surface area (Å²) in [5.41, 5.74) is -0.270. The van der Waals surface area contributed by atoms with Crippen molar-refractivity contribution >= 4 is 21.9 Å². The molecule has 4 nitrogen and oxygen atoms in total. The van der Waals surface area contributed by atoms with E-state index in [1.807, 2.05) is 0 Å². The van der Waals surface area contributed by atoms with Crippen LogP contribution in [0.4, 0.5) is 8.78 Å². The van der Waals surface area contributed by atoms with Crippen LogP contribution in [-0.4, -0.2) is 20.9 Å². The fourth-order valence-corrected chi connectivity index (χ4v) is 1.73. The molecule has 0 aliphatic rings. The third-order valence-electron chi connectivity index (χ3n) is 2.03. The van der Waals surface area contributed by atoms with Crippen molar-refractivity contribution in [3.63, 3.8) is 0 Å². The van der Waals surface area contributed by atoms with Crippen molar-refractivity contribution in [1.29, 1.82) is 0 Å². The number of hydrogen-bond acceptors (Lipinski definition) is 2. The molecular formula is C10H5BrF2N2O2. The van der Waals surface area contributed by atoms with Gasteiger partial charge in [0.05, 0.1) is 4.47 Å². The molecule has 0 fully saturated rings. The molecule has 1 N–H and O–H groups in total. The van der Waals surface area contributed by atoms with Crippen LogP contribution in [0.1, 0.15) is 10.5 Å². The Kier molecular flexibility index (Phi) is 2.93. The fraction of sp³-hybridized carbons (Fsp3) is 0. The van der Waals surface area contributed by atoms with Gasteiger partial charge in [-0.2, -0.15) is 5.10 Å². The second-order valence-corrected chi connectivity index (χ2v) is 4.03. The molecule has 1 aromatic heterocycles. The van der Waals surface area contributed by atoms with E-state index in [9.17, 15) is 13.6 Å². The van der Waals surface area contributed by atoms with E-state index in [0.717, 1.165) is 10.7 Å². The molecule has 0 radical (unpaired) electrons. The SMILES string of the molecule is O=C(O)c1nn(-c2ccc(F)cc2F)cc1Br. The van der Waals surface area contributed by atoms with Crippen molar-refractivity contribution in [3.8, 4) is 5.69 Å². The highest BCUT2D eigenvalue weighted by Crippen LogP contribution is 2.20. The average molecular weight is 303 g/mol. The van der Waals surface area contributed by atoms with E-state index >= 15 is 0 Å². The van der Waals surface area contributed by atoms with Crippen LogP contribution in [-0.2, 0) is 0 Å². The van der Waals surface area contributed by atoms with Crippen LogP contribution < -0.4 is 0 Å². The summed E-state index contributed by atoms with van der Waals surface area (Å²) >= 11 is 2.99. The first-order chi connectivity index (χ1) is 7.99. The minimum Gasteiger partial charge on any atom is -0.476 e. The van der Waals surface area contributed by atoms with Crippen LogP contribution >= 0.6 is 15.9 Å². The summed E-state index contributed by atoms with van der Waals surface area (Å²) in [6.45, 7) is 0. The predicted octanol–water partition coefficient (Wildman–Crippen LogP) is 2.61. The van der Waals surface area contributed by atoms with Gasteiger partial charge in [0.15, 0.2) is 11.5 Å². The molecule has 0 saturated carbocycles. The number of carboxylic acids is 1. The van der Waals surface area contributed by atoms with Gasteiger partial charge in [-0.1, -0.05) is 0 Å². The molecule has 0 aliphatic heterocycles. The zero-order valence-corrected chi connectivity index (χ0v) is 9.78. The number of carbonyl (C=O) groups is 1. The van der Waals surface area contributed by atoms with Gasteiger partial charge < -0.3 is 5.11 Å². The fourth-order valence-electron chi connectivity index (χ4n) is 1.29. The molecule has 0 atom stereocenters. The van der Waals surface area contributed by atoms with Gasteiger partial charge in [0, 0.05) is 12.3 Å². The maximum absolute atomic E-state index is 13.4. The van der Waals surface area contributed by atoms with E-state index in [2.05, 4.69) is 21.0 Å². The van der Waals surface area contributed by atoms with Gasteiger partial charge in [-0.05, 0) is 28.1 Å². The Hall–Kier alpha value is -1.76. The Morgan fingerprint density at radius 2 is 2.12 bits per heavy atom. The normalized spacial score (nSPS) is 10.5. The summed E-state index contributed by atoms with van der Waals surface area (Å²) in [7, 11) is 0. The molecule has 0 saturated heterocycles. The molecule has 0 bridgehead atoms. The number of rotatable bonds is 2. The predicted molar refractivity (Wildman–Crippen MR) is 58.1 cm³/mol. The number of hydrogen-bond donors (Lipinski definition) is 1. The highest BCUT2D eigenvalue weighted by atomic mass is 79.9. The average Bonchev–Trinajstić information content (AvgIpc) is 2.60. The first-order valence-electron chi connectivity index (χ1n) is 4.43. The van der Waals surface area contributed by atoms with E-state index in [0.29, 0.717) is 6.07 Å². The monoisotopic (exact) mass is 302 g/mol. The lowest BCUT2D eigenvalue weighted by Gasteiger charge is -2.02. The lowest BCUT2D eigenvalue weighted by molar-refractivity contribution is 0.0689. The van der Waals surface area contributed by atoms with Crippen LogP contribution in [0.15, 0.2) is 28.9 Å². The maximum Gasteiger partial charge on any atom is 0.357 e. The van der Waals surface area contributed by atoms with Crippen molar-refractivity contribution in [2.24, 2.45) is 0 Å². The quantitative estimate of drug-likeness (QED) is 0.928. The lowest BCUT2D eigenvalue weighted by Crippen LogP contribution is -2.03. The third kappa shape index (κ3) is 2.19. The summed E-state index contributed by atoms with van der Waals surface area (Å²) in [6, 6.07) is 2.94. The number of benzene rings is 1. The number of aromatic nitrogens is 2. The van der Waals surface area contributed by atoms with Crippen molar-refractivity contribution < 1.29 is 18.7 Å². The summed E-state index contributed by atoms with van der Waals surface area (Å²) in [6.07, 6.45) is 1.29. The Morgan fingerprint density at radius 1 is 1.41 bits per heavy atom. The molecule has 0 unspecified atom stereocenters. The molecule has 2 aromatic rings. The van der Waals surface area contributed by atoms with Crippen molar-refractivity contribution in [2.75, 3.05) is 0 Å². The Balaban J connectivity index is 2.53. The highest BCUT2D eigenvalue weighted by Gasteiger charge is 2.16. The Morgan fingerprint density at radius 3 is 2.65 bits per heavy atom. The van der Waals surface area contributed by atoms with Crippen LogP contribution in [0.5, 0.6) is 0 Å². The molecule has 1 aromatic carbocycles.